The molecule has 1 saturated carbocycles. The summed E-state index contributed by atoms with van der Waals surface area (Å²) in [5.74, 6) is 1.35. The molecule has 1 unspecified atom stereocenters. The van der Waals surface area contributed by atoms with Crippen LogP contribution in [-0.2, 0) is 19.2 Å². The molecule has 3 saturated heterocycles. The van der Waals surface area contributed by atoms with Gasteiger partial charge in [-0.25, -0.2) is 14.8 Å². The maximum Gasteiger partial charge on any atom is 0.236 e. The predicted octanol–water partition coefficient (Wildman–Crippen LogP) is 4.74. The molecule has 5 heterocycles. The van der Waals surface area contributed by atoms with Gasteiger partial charge in [0, 0.05) is 23.1 Å². The van der Waals surface area contributed by atoms with E-state index in [0.29, 0.717) is 11.8 Å². The highest BCUT2D eigenvalue weighted by Crippen LogP contribution is 2.61. The van der Waals surface area contributed by atoms with Gasteiger partial charge in [0.2, 0.25) is 12.1 Å². The lowest BCUT2D eigenvalue weighted by atomic mass is 9.59. The largest absolute Gasteiger partial charge is 0.458 e. The second-order valence-corrected chi connectivity index (χ2v) is 9.85. The normalized spacial score (nSPS) is 44.5. The van der Waals surface area contributed by atoms with Crippen LogP contribution in [0, 0.1) is 31.6 Å². The number of nitrogens with zero attached hydrogens (tertiary/aromatic N) is 1. The number of aryl methyl sites for hydroxylation is 2. The summed E-state index contributed by atoms with van der Waals surface area (Å²) in [6.45, 7) is 10.6. The van der Waals surface area contributed by atoms with Gasteiger partial charge in [-0.1, -0.05) is 6.92 Å². The molecule has 6 rings (SSSR count). The van der Waals surface area contributed by atoms with E-state index >= 15 is 0 Å². The van der Waals surface area contributed by atoms with Crippen molar-refractivity contribution in [3.8, 4) is 0 Å². The Labute approximate surface area is 158 Å². The van der Waals surface area contributed by atoms with Crippen LogP contribution in [0.3, 0.4) is 0 Å². The Kier molecular flexibility index (Phi) is 3.65. The monoisotopic (exact) mass is 377 g/mol. The molecule has 4 aliphatic heterocycles. The van der Waals surface area contributed by atoms with Crippen molar-refractivity contribution < 1.29 is 19.2 Å². The maximum atomic E-state index is 6.51. The fourth-order valence-electron chi connectivity index (χ4n) is 5.40. The van der Waals surface area contributed by atoms with Crippen LogP contribution >= 0.6 is 11.3 Å². The lowest BCUT2D eigenvalue weighted by Crippen LogP contribution is -2.66. The first-order valence-electron chi connectivity index (χ1n) is 9.70. The number of hydrogen-bond donors (Lipinski definition) is 0. The zero-order valence-corrected chi connectivity index (χ0v) is 16.9. The number of thiazole rings is 1. The Morgan fingerprint density at radius 3 is 2.65 bits per heavy atom. The number of ether oxygens (including phenoxy) is 2. The van der Waals surface area contributed by atoms with Gasteiger partial charge in [0.15, 0.2) is 16.4 Å². The topological polar surface area (TPSA) is 49.8 Å². The second kappa shape index (κ2) is 5.53. The van der Waals surface area contributed by atoms with Crippen molar-refractivity contribution in [2.45, 2.75) is 78.0 Å². The zero-order valence-electron chi connectivity index (χ0n) is 16.1. The molecular formula is C20H27NO4S. The van der Waals surface area contributed by atoms with Crippen LogP contribution in [-0.4, -0.2) is 22.7 Å². The summed E-state index contributed by atoms with van der Waals surface area (Å²) >= 11 is 1.70. The van der Waals surface area contributed by atoms with E-state index in [1.807, 2.05) is 6.92 Å². The summed E-state index contributed by atoms with van der Waals surface area (Å²) in [5.41, 5.74) is 1.76. The highest BCUT2D eigenvalue weighted by Gasteiger charge is 2.68. The average Bonchev–Trinajstić information content (AvgIpc) is 2.77. The Bertz CT molecular complexity index is 769. The van der Waals surface area contributed by atoms with Crippen LogP contribution in [0.15, 0.2) is 5.57 Å². The minimum Gasteiger partial charge on any atom is -0.458 e. The fraction of sp³-hybridized carbons (Fsp3) is 0.750. The smallest absolute Gasteiger partial charge is 0.236 e. The third-order valence-corrected chi connectivity index (χ3v) is 8.12. The van der Waals surface area contributed by atoms with E-state index in [1.54, 1.807) is 11.3 Å². The van der Waals surface area contributed by atoms with Gasteiger partial charge < -0.3 is 9.47 Å². The lowest BCUT2D eigenvalue weighted by molar-refractivity contribution is -0.553. The van der Waals surface area contributed by atoms with Gasteiger partial charge in [0.1, 0.15) is 0 Å². The van der Waals surface area contributed by atoms with Crippen molar-refractivity contribution in [1.82, 2.24) is 4.98 Å². The van der Waals surface area contributed by atoms with Gasteiger partial charge in [-0.2, -0.15) is 0 Å². The quantitative estimate of drug-likeness (QED) is 0.662. The molecule has 1 aromatic heterocycles. The molecular weight excluding hydrogens is 350 g/mol. The molecule has 2 bridgehead atoms. The van der Waals surface area contributed by atoms with E-state index in [-0.39, 0.29) is 5.92 Å². The predicted molar refractivity (Wildman–Crippen MR) is 98.1 cm³/mol. The summed E-state index contributed by atoms with van der Waals surface area (Å²) in [5, 5.41) is 0.956. The second-order valence-electron chi connectivity index (χ2n) is 8.65. The van der Waals surface area contributed by atoms with Gasteiger partial charge in [0.25, 0.3) is 0 Å². The molecule has 5 nitrogen and oxygen atoms in total. The van der Waals surface area contributed by atoms with Crippen LogP contribution in [0.1, 0.15) is 62.0 Å². The number of rotatable bonds is 1. The highest BCUT2D eigenvalue weighted by atomic mass is 32.1. The van der Waals surface area contributed by atoms with Gasteiger partial charge in [0.05, 0.1) is 5.69 Å². The minimum absolute atomic E-state index is 0.240. The summed E-state index contributed by atoms with van der Waals surface area (Å²) in [6, 6.07) is 0. The van der Waals surface area contributed by atoms with Crippen molar-refractivity contribution in [2.24, 2.45) is 17.8 Å². The minimum atomic E-state index is -0.734. The standard InChI is InChI=1S/C20H27NO4S/c1-10-6-7-15-11(2)16(17-21-12(3)13(4)26-17)22-18-20(15)14(10)8-9-19(5,23-18)24-25-20/h10,14-15,18H,6-9H2,1-5H3/t10-,14+,15+,18-,19?,20-/m1/s1. The first-order valence-corrected chi connectivity index (χ1v) is 10.5. The van der Waals surface area contributed by atoms with E-state index in [0.717, 1.165) is 35.7 Å². The number of hydrogen-bond acceptors (Lipinski definition) is 6. The molecule has 0 N–H and O–H groups in total. The highest BCUT2D eigenvalue weighted by molar-refractivity contribution is 7.12. The Morgan fingerprint density at radius 1 is 1.12 bits per heavy atom. The van der Waals surface area contributed by atoms with Crippen LogP contribution in [0.25, 0.3) is 5.76 Å². The zero-order chi connectivity index (χ0) is 18.3. The summed E-state index contributed by atoms with van der Waals surface area (Å²) in [4.78, 5) is 18.0. The Morgan fingerprint density at radius 2 is 1.92 bits per heavy atom. The molecule has 0 aromatic carbocycles. The molecule has 0 amide bonds. The SMILES string of the molecule is CC1=C(c2nc(C)c(C)s2)O[C@@H]2OC3(C)CC[C@H]4[C@H](C)CC[C@@H]1[C@@]24OO3. The summed E-state index contributed by atoms with van der Waals surface area (Å²) in [6.07, 6.45) is 3.71. The van der Waals surface area contributed by atoms with Crippen molar-refractivity contribution >= 4 is 17.1 Å². The molecule has 1 aliphatic carbocycles. The molecule has 142 valence electrons. The first-order chi connectivity index (χ1) is 12.3. The lowest BCUT2D eigenvalue weighted by Gasteiger charge is -2.57. The molecule has 26 heavy (non-hydrogen) atoms. The van der Waals surface area contributed by atoms with Crippen LogP contribution in [0.4, 0.5) is 0 Å². The third kappa shape index (κ3) is 2.16. The molecule has 6 heteroatoms. The first kappa shape index (κ1) is 17.2. The van der Waals surface area contributed by atoms with Gasteiger partial charge in [-0.15, -0.1) is 11.3 Å². The van der Waals surface area contributed by atoms with Crippen molar-refractivity contribution in [2.75, 3.05) is 0 Å². The van der Waals surface area contributed by atoms with Crippen LogP contribution in [0.5, 0.6) is 0 Å². The van der Waals surface area contributed by atoms with Crippen molar-refractivity contribution in [3.63, 3.8) is 0 Å². The molecule has 0 radical (unpaired) electrons. The molecule has 4 fully saturated rings. The van der Waals surface area contributed by atoms with E-state index in [2.05, 4.69) is 27.7 Å². The Balaban J connectivity index is 1.66. The molecule has 5 aliphatic rings. The van der Waals surface area contributed by atoms with Gasteiger partial charge >= 0.3 is 0 Å². The van der Waals surface area contributed by atoms with E-state index < -0.39 is 17.7 Å². The van der Waals surface area contributed by atoms with Gasteiger partial charge in [-0.05, 0) is 58.4 Å². The average molecular weight is 378 g/mol. The van der Waals surface area contributed by atoms with E-state index in [1.165, 1.54) is 16.9 Å². The number of fused-ring (bicyclic) bond motifs is 2. The molecule has 1 aromatic rings. The van der Waals surface area contributed by atoms with Crippen molar-refractivity contribution in [3.05, 3.63) is 21.2 Å². The van der Waals surface area contributed by atoms with Crippen molar-refractivity contribution in [1.29, 1.82) is 0 Å². The third-order valence-electron chi connectivity index (χ3n) is 7.05. The maximum absolute atomic E-state index is 6.51. The summed E-state index contributed by atoms with van der Waals surface area (Å²) < 4.78 is 12.9. The summed E-state index contributed by atoms with van der Waals surface area (Å²) in [7, 11) is 0. The fourth-order valence-corrected chi connectivity index (χ4v) is 6.37. The number of aromatic nitrogens is 1. The van der Waals surface area contributed by atoms with Crippen LogP contribution < -0.4 is 0 Å². The van der Waals surface area contributed by atoms with Gasteiger partial charge in [-0.3, -0.25) is 0 Å². The molecule has 1 spiro atoms. The van der Waals surface area contributed by atoms with E-state index in [9.17, 15) is 0 Å². The van der Waals surface area contributed by atoms with E-state index in [4.69, 9.17) is 24.2 Å². The van der Waals surface area contributed by atoms with Crippen LogP contribution in [0.2, 0.25) is 0 Å². The Hall–Kier alpha value is -0.950. The molecule has 6 atom stereocenters.